The topological polar surface area (TPSA) is 53.8 Å². The fraction of sp³-hybridized carbons (Fsp3) is 0.375. The number of amidine groups is 1. The van der Waals surface area contributed by atoms with Crippen LogP contribution < -0.4 is 5.32 Å². The molecule has 0 amide bonds. The predicted molar refractivity (Wildman–Crippen MR) is 117 cm³/mol. The fourth-order valence-corrected chi connectivity index (χ4v) is 3.62. The maximum atomic E-state index is 12.2. The van der Waals surface area contributed by atoms with E-state index < -0.39 is 0 Å². The monoisotopic (exact) mass is 375 g/mol. The van der Waals surface area contributed by atoms with E-state index in [2.05, 4.69) is 43.2 Å². The van der Waals surface area contributed by atoms with E-state index in [9.17, 15) is 4.79 Å². The van der Waals surface area contributed by atoms with Crippen molar-refractivity contribution in [3.8, 4) is 0 Å². The third kappa shape index (κ3) is 4.75. The molecule has 1 aromatic rings. The van der Waals surface area contributed by atoms with Gasteiger partial charge in [-0.15, -0.1) is 0 Å². The first-order valence-corrected chi connectivity index (χ1v) is 9.91. The number of allylic oxidation sites excluding steroid dienone is 4. The van der Waals surface area contributed by atoms with E-state index in [-0.39, 0.29) is 5.78 Å². The molecule has 1 N–H and O–H groups in total. The van der Waals surface area contributed by atoms with Crippen LogP contribution in [0.2, 0.25) is 0 Å². The van der Waals surface area contributed by atoms with Crippen molar-refractivity contribution in [3.63, 3.8) is 0 Å². The highest BCUT2D eigenvalue weighted by Crippen LogP contribution is 2.28. The smallest absolute Gasteiger partial charge is 0.161 e. The summed E-state index contributed by atoms with van der Waals surface area (Å²) in [6.45, 7) is 7.34. The lowest BCUT2D eigenvalue weighted by atomic mass is 9.84. The van der Waals surface area contributed by atoms with Crippen molar-refractivity contribution < 1.29 is 4.79 Å². The quantitative estimate of drug-likeness (QED) is 0.622. The molecular formula is C24H29N3O. The number of aliphatic imine (C=N–C) groups is 2. The molecule has 0 radical (unpaired) electrons. The number of nitrogens with one attached hydrogen (secondary N) is 1. The number of benzene rings is 1. The van der Waals surface area contributed by atoms with Gasteiger partial charge in [0.25, 0.3) is 0 Å². The normalized spacial score (nSPS) is 24.6. The van der Waals surface area contributed by atoms with E-state index in [0.717, 1.165) is 16.8 Å². The molecule has 0 spiro atoms. The molecule has 0 saturated carbocycles. The van der Waals surface area contributed by atoms with Gasteiger partial charge >= 0.3 is 0 Å². The molecule has 0 saturated heterocycles. The molecule has 0 fully saturated rings. The van der Waals surface area contributed by atoms with E-state index >= 15 is 0 Å². The van der Waals surface area contributed by atoms with E-state index in [4.69, 9.17) is 4.99 Å². The van der Waals surface area contributed by atoms with Crippen molar-refractivity contribution in [2.75, 3.05) is 13.6 Å². The molecule has 2 unspecified atom stereocenters. The van der Waals surface area contributed by atoms with Gasteiger partial charge in [0.05, 0.1) is 0 Å². The fourth-order valence-electron chi connectivity index (χ4n) is 3.62. The van der Waals surface area contributed by atoms with Crippen LogP contribution in [-0.2, 0) is 4.79 Å². The second-order valence-corrected chi connectivity index (χ2v) is 7.67. The van der Waals surface area contributed by atoms with Crippen molar-refractivity contribution in [2.45, 2.75) is 33.6 Å². The molecule has 2 aliphatic carbocycles. The lowest BCUT2D eigenvalue weighted by Gasteiger charge is -2.26. The number of hydrogen-bond donors (Lipinski definition) is 1. The Morgan fingerprint density at radius 1 is 1.18 bits per heavy atom. The molecule has 0 bridgehead atoms. The van der Waals surface area contributed by atoms with Crippen LogP contribution in [0.25, 0.3) is 0 Å². The summed E-state index contributed by atoms with van der Waals surface area (Å²) in [5, 5.41) is 3.52. The van der Waals surface area contributed by atoms with Gasteiger partial charge in [0.1, 0.15) is 0 Å². The Labute approximate surface area is 167 Å². The Hall–Kier alpha value is -2.75. The van der Waals surface area contributed by atoms with Gasteiger partial charge in [-0.25, -0.2) is 4.99 Å². The Balaban J connectivity index is 1.71. The highest BCUT2D eigenvalue weighted by atomic mass is 16.1. The molecule has 4 heteroatoms. The molecule has 2 atom stereocenters. The molecule has 146 valence electrons. The average Bonchev–Trinajstić information content (AvgIpc) is 2.70. The summed E-state index contributed by atoms with van der Waals surface area (Å²) in [5.41, 5.74) is 5.45. The SMILES string of the molecule is CN=C(N=C1CC(=O)C=C(CNC2=C(C)C(C)C(C)C=C2)C1)c1ccccc1. The zero-order chi connectivity index (χ0) is 20.1. The van der Waals surface area contributed by atoms with Gasteiger partial charge in [-0.3, -0.25) is 9.79 Å². The zero-order valence-electron chi connectivity index (χ0n) is 17.2. The number of carbonyl (C=O) groups excluding carboxylic acids is 1. The van der Waals surface area contributed by atoms with Gasteiger partial charge in [-0.1, -0.05) is 50.3 Å². The minimum Gasteiger partial charge on any atom is -0.381 e. The summed E-state index contributed by atoms with van der Waals surface area (Å²) in [4.78, 5) is 21.3. The summed E-state index contributed by atoms with van der Waals surface area (Å²) in [6, 6.07) is 9.89. The van der Waals surface area contributed by atoms with Gasteiger partial charge < -0.3 is 5.32 Å². The largest absolute Gasteiger partial charge is 0.381 e. The van der Waals surface area contributed by atoms with Crippen LogP contribution in [0.1, 0.15) is 39.2 Å². The van der Waals surface area contributed by atoms with E-state index in [0.29, 0.717) is 37.1 Å². The molecular weight excluding hydrogens is 346 g/mol. The summed E-state index contributed by atoms with van der Waals surface area (Å²) in [5.74, 6) is 1.87. The standard InChI is InChI=1S/C24H29N3O/c1-16-10-11-23(18(3)17(16)2)26-15-19-12-21(14-22(28)13-19)27-24(25-4)20-8-6-5-7-9-20/h5-11,13,16-17,26H,12,14-15H2,1-4H3. The predicted octanol–water partition coefficient (Wildman–Crippen LogP) is 4.50. The number of rotatable bonds is 4. The third-order valence-electron chi connectivity index (χ3n) is 5.65. The van der Waals surface area contributed by atoms with Gasteiger partial charge in [0.15, 0.2) is 11.6 Å². The molecule has 0 heterocycles. The van der Waals surface area contributed by atoms with Gasteiger partial charge in [0.2, 0.25) is 0 Å². The Bertz CT molecular complexity index is 888. The Morgan fingerprint density at radius 2 is 1.93 bits per heavy atom. The van der Waals surface area contributed by atoms with Crippen LogP contribution >= 0.6 is 0 Å². The van der Waals surface area contributed by atoms with Crippen molar-refractivity contribution in [1.29, 1.82) is 0 Å². The molecule has 0 aromatic heterocycles. The summed E-state index contributed by atoms with van der Waals surface area (Å²) in [6.07, 6.45) is 7.25. The van der Waals surface area contributed by atoms with E-state index in [1.807, 2.05) is 30.3 Å². The van der Waals surface area contributed by atoms with Crippen molar-refractivity contribution in [2.24, 2.45) is 21.8 Å². The zero-order valence-corrected chi connectivity index (χ0v) is 17.2. The summed E-state index contributed by atoms with van der Waals surface area (Å²) in [7, 11) is 1.74. The van der Waals surface area contributed by atoms with Crippen LogP contribution in [0.4, 0.5) is 0 Å². The molecule has 1 aromatic carbocycles. The minimum absolute atomic E-state index is 0.109. The van der Waals surface area contributed by atoms with Crippen LogP contribution in [0.5, 0.6) is 0 Å². The Kier molecular flexibility index (Phi) is 6.40. The average molecular weight is 376 g/mol. The second kappa shape index (κ2) is 8.96. The third-order valence-corrected chi connectivity index (χ3v) is 5.65. The van der Waals surface area contributed by atoms with Gasteiger partial charge in [0, 0.05) is 43.4 Å². The first-order chi connectivity index (χ1) is 13.5. The molecule has 28 heavy (non-hydrogen) atoms. The Morgan fingerprint density at radius 3 is 2.64 bits per heavy atom. The van der Waals surface area contributed by atoms with Crippen LogP contribution in [0.15, 0.2) is 75.4 Å². The maximum absolute atomic E-state index is 12.2. The lowest BCUT2D eigenvalue weighted by molar-refractivity contribution is -0.113. The first-order valence-electron chi connectivity index (χ1n) is 9.91. The molecule has 3 rings (SSSR count). The minimum atomic E-state index is 0.109. The summed E-state index contributed by atoms with van der Waals surface area (Å²) >= 11 is 0. The lowest BCUT2D eigenvalue weighted by Crippen LogP contribution is -2.25. The van der Waals surface area contributed by atoms with Crippen LogP contribution in [0, 0.1) is 11.8 Å². The first kappa shape index (κ1) is 20.0. The highest BCUT2D eigenvalue weighted by Gasteiger charge is 2.20. The summed E-state index contributed by atoms with van der Waals surface area (Å²) < 4.78 is 0. The van der Waals surface area contributed by atoms with Gasteiger partial charge in [-0.05, 0) is 42.1 Å². The highest BCUT2D eigenvalue weighted by molar-refractivity contribution is 6.15. The molecule has 2 aliphatic rings. The van der Waals surface area contributed by atoms with Gasteiger partial charge in [-0.2, -0.15) is 0 Å². The number of nitrogens with zero attached hydrogens (tertiary/aromatic N) is 2. The van der Waals surface area contributed by atoms with Crippen molar-refractivity contribution in [1.82, 2.24) is 5.32 Å². The van der Waals surface area contributed by atoms with Crippen LogP contribution in [-0.4, -0.2) is 30.9 Å². The number of carbonyl (C=O) groups is 1. The number of ketones is 1. The molecule has 0 aliphatic heterocycles. The molecule has 4 nitrogen and oxygen atoms in total. The number of hydrogen-bond acceptors (Lipinski definition) is 3. The van der Waals surface area contributed by atoms with Crippen molar-refractivity contribution in [3.05, 3.63) is 71.0 Å². The maximum Gasteiger partial charge on any atom is 0.161 e. The van der Waals surface area contributed by atoms with Crippen LogP contribution in [0.3, 0.4) is 0 Å². The van der Waals surface area contributed by atoms with E-state index in [1.165, 1.54) is 11.3 Å². The van der Waals surface area contributed by atoms with E-state index in [1.54, 1.807) is 13.1 Å². The van der Waals surface area contributed by atoms with Crippen molar-refractivity contribution >= 4 is 17.3 Å². The second-order valence-electron chi connectivity index (χ2n) is 7.67.